The minimum atomic E-state index is 0.457. The Morgan fingerprint density at radius 1 is 0.905 bits per heavy atom. The van der Waals surface area contributed by atoms with Crippen molar-refractivity contribution in [2.75, 3.05) is 7.11 Å². The van der Waals surface area contributed by atoms with Gasteiger partial charge in [0.2, 0.25) is 0 Å². The molecule has 104 valence electrons. The average Bonchev–Trinajstić information content (AvgIpc) is 2.55. The number of hydrogen-bond acceptors (Lipinski definition) is 3. The molecule has 3 nitrogen and oxygen atoms in total. The normalized spacial score (nSPS) is 10.3. The van der Waals surface area contributed by atoms with Gasteiger partial charge in [-0.3, -0.25) is 0 Å². The Bertz CT molecular complexity index is 795. The third-order valence-electron chi connectivity index (χ3n) is 3.30. The van der Waals surface area contributed by atoms with Crippen LogP contribution in [-0.4, -0.2) is 17.1 Å². The van der Waals surface area contributed by atoms with E-state index in [0.717, 1.165) is 11.3 Å². The summed E-state index contributed by atoms with van der Waals surface area (Å²) in [5, 5.41) is 0. The summed E-state index contributed by atoms with van der Waals surface area (Å²) in [5.74, 6) is 0.597. The van der Waals surface area contributed by atoms with Gasteiger partial charge in [0.05, 0.1) is 19.1 Å². The van der Waals surface area contributed by atoms with E-state index >= 15 is 0 Å². The zero-order chi connectivity index (χ0) is 14.7. The maximum atomic E-state index is 5.35. The molecular formula is C17H14N2OS. The first-order chi connectivity index (χ1) is 10.3. The van der Waals surface area contributed by atoms with Crippen molar-refractivity contribution in [3.05, 3.63) is 65.6 Å². The van der Waals surface area contributed by atoms with Crippen LogP contribution in [0.15, 0.2) is 60.9 Å². The van der Waals surface area contributed by atoms with Gasteiger partial charge in [-0.15, -0.1) is 0 Å². The molecule has 0 aliphatic carbocycles. The van der Waals surface area contributed by atoms with Crippen molar-refractivity contribution in [3.8, 4) is 28.1 Å². The van der Waals surface area contributed by atoms with E-state index < -0.39 is 0 Å². The summed E-state index contributed by atoms with van der Waals surface area (Å²) < 4.78 is 5.80. The second-order valence-electron chi connectivity index (χ2n) is 4.56. The van der Waals surface area contributed by atoms with Gasteiger partial charge in [-0.25, -0.2) is 4.98 Å². The number of rotatable bonds is 3. The molecule has 4 heteroatoms. The van der Waals surface area contributed by atoms with Gasteiger partial charge in [0.1, 0.15) is 0 Å². The van der Waals surface area contributed by atoms with E-state index in [9.17, 15) is 0 Å². The first-order valence-corrected chi connectivity index (χ1v) is 6.98. The van der Waals surface area contributed by atoms with Gasteiger partial charge in [-0.1, -0.05) is 66.8 Å². The predicted molar refractivity (Wildman–Crippen MR) is 86.8 cm³/mol. The molecule has 0 fully saturated rings. The third kappa shape index (κ3) is 2.71. The van der Waals surface area contributed by atoms with Crippen LogP contribution in [-0.2, 0) is 0 Å². The molecule has 0 aliphatic heterocycles. The molecular weight excluding hydrogens is 280 g/mol. The summed E-state index contributed by atoms with van der Waals surface area (Å²) >= 11 is 5.18. The van der Waals surface area contributed by atoms with E-state index in [1.54, 1.807) is 13.4 Å². The van der Waals surface area contributed by atoms with Crippen molar-refractivity contribution < 1.29 is 4.74 Å². The Hall–Kier alpha value is -2.46. The minimum Gasteiger partial charge on any atom is -0.491 e. The number of nitrogens with one attached hydrogen (secondary N) is 1. The molecule has 0 atom stereocenters. The number of benzene rings is 2. The second-order valence-corrected chi connectivity index (χ2v) is 4.95. The van der Waals surface area contributed by atoms with Crippen molar-refractivity contribution in [1.29, 1.82) is 0 Å². The number of aromatic amines is 1. The fourth-order valence-corrected chi connectivity index (χ4v) is 2.49. The van der Waals surface area contributed by atoms with Crippen LogP contribution in [0.25, 0.3) is 22.4 Å². The zero-order valence-electron chi connectivity index (χ0n) is 11.5. The first-order valence-electron chi connectivity index (χ1n) is 6.57. The Labute approximate surface area is 128 Å². The lowest BCUT2D eigenvalue weighted by atomic mass is 10.0. The predicted octanol–water partition coefficient (Wildman–Crippen LogP) is 4.48. The highest BCUT2D eigenvalue weighted by atomic mass is 32.1. The Kier molecular flexibility index (Phi) is 3.79. The minimum absolute atomic E-state index is 0.457. The molecule has 0 amide bonds. The van der Waals surface area contributed by atoms with Gasteiger partial charge in [-0.2, -0.15) is 0 Å². The average molecular weight is 294 g/mol. The SMILES string of the molecule is COc1c(-c2ccc(-c3ccccc3)cc2)[nH]cnc1=S. The number of methoxy groups -OCH3 is 1. The standard InChI is InChI=1S/C17H14N2OS/c1-20-16-15(18-11-19-17(16)21)14-9-7-13(8-10-14)12-5-3-2-4-6-12/h2-11H,1H3,(H,18,19,21). The largest absolute Gasteiger partial charge is 0.491 e. The van der Waals surface area contributed by atoms with Gasteiger partial charge in [0.25, 0.3) is 0 Å². The van der Waals surface area contributed by atoms with Gasteiger partial charge in [0.15, 0.2) is 10.4 Å². The molecule has 0 spiro atoms. The Balaban J connectivity index is 2.03. The zero-order valence-corrected chi connectivity index (χ0v) is 12.4. The van der Waals surface area contributed by atoms with E-state index in [4.69, 9.17) is 17.0 Å². The lowest BCUT2D eigenvalue weighted by molar-refractivity contribution is 0.411. The number of H-pyrrole nitrogens is 1. The molecule has 21 heavy (non-hydrogen) atoms. The number of aromatic nitrogens is 2. The lowest BCUT2D eigenvalue weighted by Gasteiger charge is -2.09. The summed E-state index contributed by atoms with van der Waals surface area (Å²) in [6.07, 6.45) is 1.59. The fourth-order valence-electron chi connectivity index (χ4n) is 2.25. The van der Waals surface area contributed by atoms with Crippen LogP contribution in [0.5, 0.6) is 5.75 Å². The highest BCUT2D eigenvalue weighted by molar-refractivity contribution is 7.71. The summed E-state index contributed by atoms with van der Waals surface area (Å²) in [7, 11) is 1.60. The van der Waals surface area contributed by atoms with Gasteiger partial charge in [0, 0.05) is 5.56 Å². The van der Waals surface area contributed by atoms with Gasteiger partial charge in [-0.05, 0) is 11.1 Å². The molecule has 0 radical (unpaired) electrons. The smallest absolute Gasteiger partial charge is 0.179 e. The summed E-state index contributed by atoms with van der Waals surface area (Å²) in [4.78, 5) is 7.14. The van der Waals surface area contributed by atoms with Crippen LogP contribution in [0.1, 0.15) is 0 Å². The number of ether oxygens (including phenoxy) is 1. The molecule has 3 rings (SSSR count). The highest BCUT2D eigenvalue weighted by Crippen LogP contribution is 2.29. The molecule has 0 unspecified atom stereocenters. The maximum absolute atomic E-state index is 5.35. The monoisotopic (exact) mass is 294 g/mol. The molecule has 0 bridgehead atoms. The molecule has 1 N–H and O–H groups in total. The van der Waals surface area contributed by atoms with Gasteiger partial charge < -0.3 is 9.72 Å². The van der Waals surface area contributed by atoms with Crippen LogP contribution in [0.2, 0.25) is 0 Å². The fraction of sp³-hybridized carbons (Fsp3) is 0.0588. The van der Waals surface area contributed by atoms with Crippen molar-refractivity contribution >= 4 is 12.2 Å². The van der Waals surface area contributed by atoms with Crippen molar-refractivity contribution in [2.24, 2.45) is 0 Å². The quantitative estimate of drug-likeness (QED) is 0.724. The van der Waals surface area contributed by atoms with Gasteiger partial charge >= 0.3 is 0 Å². The molecule has 1 aromatic heterocycles. The van der Waals surface area contributed by atoms with Crippen LogP contribution < -0.4 is 4.74 Å². The second kappa shape index (κ2) is 5.89. The van der Waals surface area contributed by atoms with Crippen molar-refractivity contribution in [3.63, 3.8) is 0 Å². The first kappa shape index (κ1) is 13.5. The van der Waals surface area contributed by atoms with Crippen LogP contribution in [0.4, 0.5) is 0 Å². The molecule has 0 aliphatic rings. The summed E-state index contributed by atoms with van der Waals surface area (Å²) in [6.45, 7) is 0. The highest BCUT2D eigenvalue weighted by Gasteiger charge is 2.08. The Morgan fingerprint density at radius 3 is 2.19 bits per heavy atom. The molecule has 2 aromatic carbocycles. The molecule has 0 saturated heterocycles. The van der Waals surface area contributed by atoms with E-state index in [0.29, 0.717) is 10.4 Å². The summed E-state index contributed by atoms with van der Waals surface area (Å²) in [6, 6.07) is 18.5. The maximum Gasteiger partial charge on any atom is 0.179 e. The summed E-state index contributed by atoms with van der Waals surface area (Å²) in [5.41, 5.74) is 4.22. The molecule has 1 heterocycles. The van der Waals surface area contributed by atoms with Crippen LogP contribution in [0.3, 0.4) is 0 Å². The third-order valence-corrected chi connectivity index (χ3v) is 3.59. The molecule has 0 saturated carbocycles. The van der Waals surface area contributed by atoms with Crippen LogP contribution in [0, 0.1) is 4.64 Å². The van der Waals surface area contributed by atoms with Crippen LogP contribution >= 0.6 is 12.2 Å². The Morgan fingerprint density at radius 2 is 1.52 bits per heavy atom. The van der Waals surface area contributed by atoms with Crippen molar-refractivity contribution in [2.45, 2.75) is 0 Å². The topological polar surface area (TPSA) is 37.9 Å². The lowest BCUT2D eigenvalue weighted by Crippen LogP contribution is -1.94. The van der Waals surface area contributed by atoms with E-state index in [-0.39, 0.29) is 0 Å². The van der Waals surface area contributed by atoms with E-state index in [1.807, 2.05) is 30.3 Å². The number of hydrogen-bond donors (Lipinski definition) is 1. The van der Waals surface area contributed by atoms with Crippen molar-refractivity contribution in [1.82, 2.24) is 9.97 Å². The van der Waals surface area contributed by atoms with E-state index in [2.05, 4.69) is 34.2 Å². The number of nitrogens with zero attached hydrogens (tertiary/aromatic N) is 1. The molecule has 3 aromatic rings. The van der Waals surface area contributed by atoms with E-state index in [1.165, 1.54) is 11.1 Å².